The van der Waals surface area contributed by atoms with Gasteiger partial charge in [0.15, 0.2) is 7.28 Å². The number of hydrogen-bond acceptors (Lipinski definition) is 4. The minimum absolute atomic E-state index is 0.0579. The lowest BCUT2D eigenvalue weighted by Gasteiger charge is -2.72. The van der Waals surface area contributed by atoms with E-state index in [2.05, 4.69) is 45.7 Å². The summed E-state index contributed by atoms with van der Waals surface area (Å²) in [6.07, 6.45) is 4.92. The van der Waals surface area contributed by atoms with Gasteiger partial charge < -0.3 is 14.4 Å². The second-order valence-electron chi connectivity index (χ2n) is 11.1. The van der Waals surface area contributed by atoms with Crippen LogP contribution >= 0.6 is 0 Å². The minimum atomic E-state index is -0.310. The lowest BCUT2D eigenvalue weighted by Crippen LogP contribution is -2.72. The Kier molecular flexibility index (Phi) is 5.93. The number of benzene rings is 1. The molecule has 4 rings (SSSR count). The molecule has 2 fully saturated rings. The SMILES string of the molecule is C[B]C(=O)CC1CCC2(C)[C@H]3Cc4ccc(OC(=O)[B]C)c(C)c4[C@@]2(CCN3C)C1(C)C. The van der Waals surface area contributed by atoms with E-state index in [1.165, 1.54) is 18.4 Å². The highest BCUT2D eigenvalue weighted by atomic mass is 16.5. The van der Waals surface area contributed by atoms with Gasteiger partial charge in [0.25, 0.3) is 7.28 Å². The molecule has 1 aliphatic heterocycles. The molecule has 3 aliphatic rings. The smallest absolute Gasteiger partial charge is 0.258 e. The molecule has 1 saturated carbocycles. The fraction of sp³-hybridized carbons (Fsp3) is 0.692. The third kappa shape index (κ3) is 3.08. The Morgan fingerprint density at radius 2 is 1.88 bits per heavy atom. The molecule has 4 atom stereocenters. The van der Waals surface area contributed by atoms with Crippen LogP contribution in [0.15, 0.2) is 12.1 Å². The molecule has 6 heteroatoms. The van der Waals surface area contributed by atoms with Gasteiger partial charge in [-0.25, -0.2) is 0 Å². The van der Waals surface area contributed by atoms with E-state index in [1.807, 2.05) is 12.9 Å². The lowest BCUT2D eigenvalue weighted by molar-refractivity contribution is -0.160. The Bertz CT molecular complexity index is 945. The number of fused-ring (bicyclic) bond motifs is 1. The first-order chi connectivity index (χ1) is 15.0. The zero-order chi connectivity index (χ0) is 23.5. The Morgan fingerprint density at radius 1 is 1.16 bits per heavy atom. The van der Waals surface area contributed by atoms with Crippen LogP contribution in [0.3, 0.4) is 0 Å². The molecule has 0 N–H and O–H groups in total. The minimum Gasteiger partial charge on any atom is -0.435 e. The number of rotatable bonds is 5. The quantitative estimate of drug-likeness (QED) is 0.623. The van der Waals surface area contributed by atoms with Gasteiger partial charge in [-0.05, 0) is 92.1 Å². The molecular weight excluding hydrogens is 396 g/mol. The largest absolute Gasteiger partial charge is 0.435 e. The van der Waals surface area contributed by atoms with Gasteiger partial charge in [0.05, 0.1) is 5.68 Å². The van der Waals surface area contributed by atoms with Gasteiger partial charge >= 0.3 is 0 Å². The molecule has 0 aromatic heterocycles. The number of carbonyl (C=O) groups is 2. The van der Waals surface area contributed by atoms with Gasteiger partial charge in [-0.3, -0.25) is 4.79 Å². The Balaban J connectivity index is 1.95. The monoisotopic (exact) mass is 433 g/mol. The Morgan fingerprint density at radius 3 is 2.53 bits per heavy atom. The molecular formula is C26H37B2NO3. The molecule has 1 aromatic rings. The van der Waals surface area contributed by atoms with E-state index < -0.39 is 0 Å². The molecule has 2 bridgehead atoms. The number of carbonyl (C=O) groups excluding carboxylic acids is 2. The summed E-state index contributed by atoms with van der Waals surface area (Å²) < 4.78 is 5.74. The van der Waals surface area contributed by atoms with Crippen LogP contribution in [0.25, 0.3) is 0 Å². The van der Waals surface area contributed by atoms with Crippen molar-refractivity contribution < 1.29 is 14.3 Å². The number of nitrogens with zero attached hydrogens (tertiary/aromatic N) is 1. The van der Waals surface area contributed by atoms with Crippen molar-refractivity contribution in [1.29, 1.82) is 0 Å². The molecule has 2 radical (unpaired) electrons. The van der Waals surface area contributed by atoms with Crippen LogP contribution in [0.1, 0.15) is 63.1 Å². The van der Waals surface area contributed by atoms with Gasteiger partial charge in [-0.2, -0.15) is 0 Å². The molecule has 4 nitrogen and oxygen atoms in total. The van der Waals surface area contributed by atoms with Crippen molar-refractivity contribution in [2.75, 3.05) is 13.6 Å². The van der Waals surface area contributed by atoms with Crippen LogP contribution in [-0.2, 0) is 16.6 Å². The average Bonchev–Trinajstić information content (AvgIpc) is 2.74. The molecule has 1 saturated heterocycles. The van der Waals surface area contributed by atoms with E-state index in [-0.39, 0.29) is 27.8 Å². The topological polar surface area (TPSA) is 46.6 Å². The summed E-state index contributed by atoms with van der Waals surface area (Å²) in [5.74, 6) is 0.705. The Labute approximate surface area is 195 Å². The number of hydrogen-bond donors (Lipinski definition) is 0. The first-order valence-corrected chi connectivity index (χ1v) is 12.2. The van der Waals surface area contributed by atoms with Gasteiger partial charge in [-0.15, -0.1) is 0 Å². The van der Waals surface area contributed by atoms with Crippen LogP contribution in [0.4, 0.5) is 4.79 Å². The summed E-state index contributed by atoms with van der Waals surface area (Å²) in [6, 6.07) is 4.65. The number of likely N-dealkylation sites (N-methyl/N-ethyl adjacent to an activating group) is 1. The summed E-state index contributed by atoms with van der Waals surface area (Å²) in [5.41, 5.74) is 4.13. The molecule has 1 aromatic carbocycles. The highest BCUT2D eigenvalue weighted by Gasteiger charge is 2.69. The summed E-state index contributed by atoms with van der Waals surface area (Å²) in [7, 11) is 5.48. The fourth-order valence-corrected chi connectivity index (χ4v) is 8.01. The third-order valence-electron chi connectivity index (χ3n) is 9.77. The van der Waals surface area contributed by atoms with Gasteiger partial charge in [-0.1, -0.05) is 40.5 Å². The second kappa shape index (κ2) is 8.04. The van der Waals surface area contributed by atoms with E-state index >= 15 is 0 Å². The van der Waals surface area contributed by atoms with Crippen LogP contribution in [-0.4, -0.2) is 50.6 Å². The van der Waals surface area contributed by atoms with Crippen LogP contribution in [0.5, 0.6) is 5.75 Å². The Hall–Kier alpha value is -1.55. The summed E-state index contributed by atoms with van der Waals surface area (Å²) in [6.45, 7) is 14.1. The van der Waals surface area contributed by atoms with Crippen molar-refractivity contribution in [2.45, 2.75) is 84.9 Å². The first-order valence-electron chi connectivity index (χ1n) is 12.2. The van der Waals surface area contributed by atoms with Gasteiger partial charge in [0.2, 0.25) is 5.87 Å². The van der Waals surface area contributed by atoms with Crippen molar-refractivity contribution in [3.05, 3.63) is 28.8 Å². The molecule has 2 aliphatic carbocycles. The fourth-order valence-electron chi connectivity index (χ4n) is 8.01. The van der Waals surface area contributed by atoms with Crippen molar-refractivity contribution in [1.82, 2.24) is 4.90 Å². The van der Waals surface area contributed by atoms with Crippen molar-refractivity contribution >= 4 is 26.1 Å². The third-order valence-corrected chi connectivity index (χ3v) is 9.77. The van der Waals surface area contributed by atoms with Gasteiger partial charge in [0, 0.05) is 11.5 Å². The van der Waals surface area contributed by atoms with Gasteiger partial charge in [0.1, 0.15) is 5.75 Å². The van der Waals surface area contributed by atoms with E-state index in [4.69, 9.17) is 4.74 Å². The van der Waals surface area contributed by atoms with E-state index in [1.54, 1.807) is 14.1 Å². The van der Waals surface area contributed by atoms with E-state index in [9.17, 15) is 9.59 Å². The highest BCUT2D eigenvalue weighted by molar-refractivity contribution is 6.72. The molecule has 0 amide bonds. The summed E-state index contributed by atoms with van der Waals surface area (Å²) in [4.78, 5) is 27.2. The lowest BCUT2D eigenvalue weighted by atomic mass is 9.35. The number of ether oxygens (including phenoxy) is 1. The zero-order valence-corrected chi connectivity index (χ0v) is 20.9. The summed E-state index contributed by atoms with van der Waals surface area (Å²) >= 11 is 0. The van der Waals surface area contributed by atoms with Crippen LogP contribution in [0, 0.1) is 23.7 Å². The normalized spacial score (nSPS) is 33.0. The second-order valence-corrected chi connectivity index (χ2v) is 11.1. The van der Waals surface area contributed by atoms with E-state index in [0.717, 1.165) is 37.8 Å². The molecule has 0 spiro atoms. The maximum Gasteiger partial charge on any atom is 0.258 e. The first kappa shape index (κ1) is 23.6. The predicted molar refractivity (Wildman–Crippen MR) is 131 cm³/mol. The predicted octanol–water partition coefficient (Wildman–Crippen LogP) is 4.86. The van der Waals surface area contributed by atoms with Crippen molar-refractivity contribution in [3.63, 3.8) is 0 Å². The maximum atomic E-state index is 12.5. The maximum absolute atomic E-state index is 12.5. The van der Waals surface area contributed by atoms with Crippen molar-refractivity contribution in [3.8, 4) is 5.75 Å². The number of likely N-dealkylation sites (tertiary alicyclic amines) is 1. The molecule has 2 unspecified atom stereocenters. The summed E-state index contributed by atoms with van der Waals surface area (Å²) in [5, 5.41) is 0. The standard InChI is InChI=1S/C26H37B2NO3/c1-16-19(32-23(31)28-6)9-8-17-14-20-25(4)11-10-18(15-21(30)27-5)24(2,3)26(25,22(16)17)12-13-29(20)7/h8-9,18,20H,10-15H2,1-7H3/t18?,20-,25?,26+/m1/s1. The highest BCUT2D eigenvalue weighted by Crippen LogP contribution is 2.71. The number of piperidine rings is 1. The molecule has 1 heterocycles. The van der Waals surface area contributed by atoms with Crippen molar-refractivity contribution in [2.24, 2.45) is 16.7 Å². The van der Waals surface area contributed by atoms with Crippen LogP contribution < -0.4 is 4.74 Å². The average molecular weight is 433 g/mol. The zero-order valence-electron chi connectivity index (χ0n) is 20.9. The van der Waals surface area contributed by atoms with E-state index in [0.29, 0.717) is 24.1 Å². The van der Waals surface area contributed by atoms with Crippen LogP contribution in [0.2, 0.25) is 13.6 Å². The molecule has 32 heavy (non-hydrogen) atoms. The molecule has 170 valence electrons.